The number of benzene rings is 2. The highest BCUT2D eigenvalue weighted by Crippen LogP contribution is 2.34. The lowest BCUT2D eigenvalue weighted by Crippen LogP contribution is -2.45. The van der Waals surface area contributed by atoms with Gasteiger partial charge in [0.15, 0.2) is 0 Å². The first kappa shape index (κ1) is 23.1. The Bertz CT molecular complexity index is 1050. The molecule has 2 aromatic carbocycles. The van der Waals surface area contributed by atoms with Gasteiger partial charge in [0, 0.05) is 18.5 Å². The second-order valence-corrected chi connectivity index (χ2v) is 8.72. The first-order chi connectivity index (χ1) is 16.0. The van der Waals surface area contributed by atoms with E-state index in [4.69, 9.17) is 4.74 Å². The van der Waals surface area contributed by atoms with E-state index in [0.29, 0.717) is 25.1 Å². The van der Waals surface area contributed by atoms with Crippen molar-refractivity contribution < 1.29 is 18.7 Å². The Balaban J connectivity index is 1.55. The molecule has 6 nitrogen and oxygen atoms in total. The summed E-state index contributed by atoms with van der Waals surface area (Å²) in [5.74, 6) is -0.977. The minimum atomic E-state index is -0.500. The minimum Gasteiger partial charge on any atom is -0.466 e. The number of rotatable bonds is 6. The lowest BCUT2D eigenvalue weighted by molar-refractivity contribution is -0.150. The summed E-state index contributed by atoms with van der Waals surface area (Å²) in [7, 11) is 0. The molecule has 33 heavy (non-hydrogen) atoms. The average Bonchev–Trinajstić information content (AvgIpc) is 3.25. The van der Waals surface area contributed by atoms with Crippen LogP contribution in [-0.4, -0.2) is 53.7 Å². The molecule has 0 aromatic heterocycles. The van der Waals surface area contributed by atoms with Gasteiger partial charge in [0.1, 0.15) is 5.82 Å². The summed E-state index contributed by atoms with van der Waals surface area (Å²) in [6.45, 7) is 5.49. The van der Waals surface area contributed by atoms with Crippen LogP contribution in [0.15, 0.2) is 53.6 Å². The number of hydrogen-bond acceptors (Lipinski definition) is 5. The van der Waals surface area contributed by atoms with E-state index in [0.717, 1.165) is 36.2 Å². The Kier molecular flexibility index (Phi) is 7.18. The highest BCUT2D eigenvalue weighted by Gasteiger charge is 2.36. The van der Waals surface area contributed by atoms with Gasteiger partial charge in [-0.15, -0.1) is 0 Å². The van der Waals surface area contributed by atoms with Crippen molar-refractivity contribution in [3.05, 3.63) is 71.0 Å². The number of nitrogens with zero attached hydrogens (tertiary/aromatic N) is 3. The second-order valence-electron chi connectivity index (χ2n) is 8.72. The lowest BCUT2D eigenvalue weighted by Gasteiger charge is -2.32. The molecule has 2 aromatic rings. The number of amides is 1. The summed E-state index contributed by atoms with van der Waals surface area (Å²) in [6, 6.07) is 14.0. The third kappa shape index (κ3) is 5.30. The molecular weight excluding hydrogens is 421 g/mol. The second kappa shape index (κ2) is 10.3. The molecule has 0 N–H and O–H groups in total. The highest BCUT2D eigenvalue weighted by atomic mass is 19.1. The van der Waals surface area contributed by atoms with E-state index in [1.54, 1.807) is 25.1 Å². The van der Waals surface area contributed by atoms with Crippen molar-refractivity contribution in [3.63, 3.8) is 0 Å². The Morgan fingerprint density at radius 3 is 2.76 bits per heavy atom. The van der Waals surface area contributed by atoms with Crippen LogP contribution in [0.5, 0.6) is 0 Å². The molecule has 0 bridgehead atoms. The van der Waals surface area contributed by atoms with Crippen LogP contribution in [0.1, 0.15) is 48.9 Å². The first-order valence-corrected chi connectivity index (χ1v) is 11.6. The van der Waals surface area contributed by atoms with Crippen LogP contribution in [0.25, 0.3) is 0 Å². The number of esters is 1. The maximum absolute atomic E-state index is 14.7. The zero-order chi connectivity index (χ0) is 23.4. The maximum atomic E-state index is 14.7. The fourth-order valence-electron chi connectivity index (χ4n) is 4.64. The number of hydrogen-bond donors (Lipinski definition) is 0. The summed E-state index contributed by atoms with van der Waals surface area (Å²) in [5.41, 5.74) is 3.26. The zero-order valence-corrected chi connectivity index (χ0v) is 19.2. The predicted octanol–water partition coefficient (Wildman–Crippen LogP) is 4.09. The van der Waals surface area contributed by atoms with Crippen LogP contribution < -0.4 is 0 Å². The van der Waals surface area contributed by atoms with Gasteiger partial charge in [-0.2, -0.15) is 5.10 Å². The van der Waals surface area contributed by atoms with Gasteiger partial charge in [0.05, 0.1) is 30.8 Å². The monoisotopic (exact) mass is 451 g/mol. The molecule has 2 aliphatic heterocycles. The summed E-state index contributed by atoms with van der Waals surface area (Å²) < 4.78 is 19.9. The van der Waals surface area contributed by atoms with Crippen LogP contribution in [0.2, 0.25) is 0 Å². The highest BCUT2D eigenvalue weighted by molar-refractivity contribution is 6.03. The molecule has 1 amide bonds. The van der Waals surface area contributed by atoms with Gasteiger partial charge in [0.25, 0.3) is 5.91 Å². The van der Waals surface area contributed by atoms with Gasteiger partial charge in [-0.25, -0.2) is 9.40 Å². The van der Waals surface area contributed by atoms with Gasteiger partial charge in [-0.3, -0.25) is 14.5 Å². The fraction of sp³-hybridized carbons (Fsp3) is 0.423. The molecule has 0 unspecified atom stereocenters. The van der Waals surface area contributed by atoms with Crippen LogP contribution >= 0.6 is 0 Å². The van der Waals surface area contributed by atoms with Gasteiger partial charge < -0.3 is 4.74 Å². The number of hydrazone groups is 1. The molecule has 1 saturated heterocycles. The van der Waals surface area contributed by atoms with Crippen molar-refractivity contribution in [3.8, 4) is 0 Å². The Hall–Kier alpha value is -3.06. The van der Waals surface area contributed by atoms with Gasteiger partial charge in [-0.05, 0) is 44.9 Å². The Labute approximate surface area is 194 Å². The van der Waals surface area contributed by atoms with E-state index in [1.165, 1.54) is 11.1 Å². The van der Waals surface area contributed by atoms with Crippen LogP contribution in [-0.2, 0) is 14.3 Å². The number of piperidine rings is 1. The fourth-order valence-corrected chi connectivity index (χ4v) is 4.64. The minimum absolute atomic E-state index is 0.130. The summed E-state index contributed by atoms with van der Waals surface area (Å²) in [5, 5.41) is 6.10. The molecule has 0 saturated carbocycles. The van der Waals surface area contributed by atoms with Crippen molar-refractivity contribution in [1.29, 1.82) is 0 Å². The third-order valence-corrected chi connectivity index (χ3v) is 6.27. The Morgan fingerprint density at radius 1 is 1.18 bits per heavy atom. The number of likely N-dealkylation sites (tertiary alicyclic amines) is 1. The van der Waals surface area contributed by atoms with Crippen LogP contribution in [0.4, 0.5) is 4.39 Å². The molecule has 174 valence electrons. The number of carbonyl (C=O) groups is 2. The van der Waals surface area contributed by atoms with E-state index >= 15 is 0 Å². The predicted molar refractivity (Wildman–Crippen MR) is 124 cm³/mol. The number of ether oxygens (including phenoxy) is 1. The average molecular weight is 452 g/mol. The molecule has 0 aliphatic carbocycles. The van der Waals surface area contributed by atoms with E-state index in [2.05, 4.69) is 5.10 Å². The van der Waals surface area contributed by atoms with Gasteiger partial charge in [-0.1, -0.05) is 48.0 Å². The van der Waals surface area contributed by atoms with Crippen molar-refractivity contribution in [2.45, 2.75) is 39.2 Å². The maximum Gasteiger partial charge on any atom is 0.310 e. The van der Waals surface area contributed by atoms with E-state index < -0.39 is 6.04 Å². The Morgan fingerprint density at radius 2 is 2.00 bits per heavy atom. The molecule has 2 atom stereocenters. The SMILES string of the molecule is CCOC(=O)[C@@H]1CCCN(CC(=O)N2N=C(c3cccc(C)c3)C[C@H]2c2ccccc2F)C1. The van der Waals surface area contributed by atoms with Crippen LogP contribution in [0, 0.1) is 18.7 Å². The number of aryl methyl sites for hydroxylation is 1. The van der Waals surface area contributed by atoms with Crippen molar-refractivity contribution >= 4 is 17.6 Å². The van der Waals surface area contributed by atoms with Crippen molar-refractivity contribution in [2.75, 3.05) is 26.2 Å². The number of carbonyl (C=O) groups excluding carboxylic acids is 2. The first-order valence-electron chi connectivity index (χ1n) is 11.6. The smallest absolute Gasteiger partial charge is 0.310 e. The van der Waals surface area contributed by atoms with Gasteiger partial charge in [0.2, 0.25) is 0 Å². The van der Waals surface area contributed by atoms with Crippen molar-refractivity contribution in [2.24, 2.45) is 11.0 Å². The van der Waals surface area contributed by atoms with Gasteiger partial charge >= 0.3 is 5.97 Å². The molecular formula is C26H30FN3O3. The van der Waals surface area contributed by atoms with Crippen molar-refractivity contribution in [1.82, 2.24) is 9.91 Å². The summed E-state index contributed by atoms with van der Waals surface area (Å²) in [4.78, 5) is 27.6. The normalized spacial score (nSPS) is 21.1. The third-order valence-electron chi connectivity index (χ3n) is 6.27. The summed E-state index contributed by atoms with van der Waals surface area (Å²) in [6.07, 6.45) is 2.04. The van der Waals surface area contributed by atoms with E-state index in [9.17, 15) is 14.0 Å². The molecule has 1 fully saturated rings. The lowest BCUT2D eigenvalue weighted by atomic mass is 9.97. The largest absolute Gasteiger partial charge is 0.466 e. The molecule has 7 heteroatoms. The zero-order valence-electron chi connectivity index (χ0n) is 19.2. The molecule has 4 rings (SSSR count). The topological polar surface area (TPSA) is 62.2 Å². The number of halogens is 1. The quantitative estimate of drug-likeness (QED) is 0.621. The molecule has 0 spiro atoms. The van der Waals surface area contributed by atoms with E-state index in [1.807, 2.05) is 36.1 Å². The summed E-state index contributed by atoms with van der Waals surface area (Å²) >= 11 is 0. The standard InChI is InChI=1S/C26H30FN3O3/c1-3-33-26(32)20-10-7-13-29(16-20)17-25(31)30-24(21-11-4-5-12-22(21)27)15-23(28-30)19-9-6-8-18(2)14-19/h4-6,8-9,11-12,14,20,24H,3,7,10,13,15-17H2,1-2H3/t20-,24+/m1/s1. The molecule has 2 heterocycles. The molecule has 0 radical (unpaired) electrons. The van der Waals surface area contributed by atoms with E-state index in [-0.39, 0.29) is 30.2 Å². The van der Waals surface area contributed by atoms with Crippen LogP contribution in [0.3, 0.4) is 0 Å². The molecule has 2 aliphatic rings.